The van der Waals surface area contributed by atoms with E-state index in [9.17, 15) is 4.39 Å². The molecular formula is C12H17FN2O. The van der Waals surface area contributed by atoms with Crippen LogP contribution in [0.4, 0.5) is 10.1 Å². The number of nitrogens with two attached hydrogens (primary N) is 1. The fourth-order valence-corrected chi connectivity index (χ4v) is 2.07. The van der Waals surface area contributed by atoms with Crippen molar-refractivity contribution in [3.63, 3.8) is 0 Å². The lowest BCUT2D eigenvalue weighted by Crippen LogP contribution is -2.41. The van der Waals surface area contributed by atoms with Crippen LogP contribution >= 0.6 is 0 Å². The van der Waals surface area contributed by atoms with Crippen LogP contribution in [-0.4, -0.2) is 26.2 Å². The summed E-state index contributed by atoms with van der Waals surface area (Å²) >= 11 is 0. The number of halogens is 1. The molecule has 0 saturated carbocycles. The number of anilines is 1. The van der Waals surface area contributed by atoms with Gasteiger partial charge in [0.25, 0.3) is 0 Å². The summed E-state index contributed by atoms with van der Waals surface area (Å²) in [5.41, 5.74) is 6.05. The summed E-state index contributed by atoms with van der Waals surface area (Å²) in [6.45, 7) is 1.27. The highest BCUT2D eigenvalue weighted by Crippen LogP contribution is 2.35. The second-order valence-corrected chi connectivity index (χ2v) is 4.09. The third-order valence-corrected chi connectivity index (χ3v) is 3.02. The zero-order valence-corrected chi connectivity index (χ0v) is 9.45. The number of benzene rings is 1. The van der Waals surface area contributed by atoms with Crippen molar-refractivity contribution in [2.45, 2.75) is 18.9 Å². The van der Waals surface area contributed by atoms with E-state index >= 15 is 0 Å². The summed E-state index contributed by atoms with van der Waals surface area (Å²) < 4.78 is 19.2. The smallest absolute Gasteiger partial charge is 0.150 e. The first-order valence-corrected chi connectivity index (χ1v) is 5.58. The van der Waals surface area contributed by atoms with E-state index in [1.165, 1.54) is 6.07 Å². The number of hydrogen-bond acceptors (Lipinski definition) is 3. The van der Waals surface area contributed by atoms with Crippen LogP contribution in [0.3, 0.4) is 0 Å². The first-order valence-electron chi connectivity index (χ1n) is 5.58. The Morgan fingerprint density at radius 2 is 2.38 bits per heavy atom. The largest absolute Gasteiger partial charge is 0.489 e. The van der Waals surface area contributed by atoms with Gasteiger partial charge < -0.3 is 15.4 Å². The van der Waals surface area contributed by atoms with Gasteiger partial charge in [-0.05, 0) is 31.5 Å². The van der Waals surface area contributed by atoms with Crippen molar-refractivity contribution in [2.75, 3.05) is 25.1 Å². The molecule has 1 aliphatic heterocycles. The minimum Gasteiger partial charge on any atom is -0.489 e. The summed E-state index contributed by atoms with van der Waals surface area (Å²) in [5, 5.41) is 0. The standard InChI is InChI=1S/C12H17FN2O/c1-15-9(4-3-7-14)8-16-11-6-2-5-10(13)12(11)15/h2,5-6,9H,3-4,7-8,14H2,1H3. The molecule has 1 aromatic rings. The van der Waals surface area contributed by atoms with Crippen molar-refractivity contribution in [3.05, 3.63) is 24.0 Å². The average molecular weight is 224 g/mol. The molecule has 0 saturated heterocycles. The summed E-state index contributed by atoms with van der Waals surface area (Å²) in [6.07, 6.45) is 1.86. The lowest BCUT2D eigenvalue weighted by molar-refractivity contribution is 0.256. The van der Waals surface area contributed by atoms with Crippen molar-refractivity contribution in [3.8, 4) is 5.75 Å². The number of fused-ring (bicyclic) bond motifs is 1. The molecule has 2 N–H and O–H groups in total. The van der Waals surface area contributed by atoms with Gasteiger partial charge in [-0.2, -0.15) is 0 Å². The molecule has 1 atom stereocenters. The predicted octanol–water partition coefficient (Wildman–Crippen LogP) is 1.76. The molecule has 1 heterocycles. The average Bonchev–Trinajstić information content (AvgIpc) is 2.28. The van der Waals surface area contributed by atoms with Crippen LogP contribution < -0.4 is 15.4 Å². The van der Waals surface area contributed by atoms with Crippen molar-refractivity contribution >= 4 is 5.69 Å². The first-order chi connectivity index (χ1) is 7.74. The van der Waals surface area contributed by atoms with Crippen LogP contribution in [0, 0.1) is 5.82 Å². The number of likely N-dealkylation sites (N-methyl/N-ethyl adjacent to an activating group) is 1. The van der Waals surface area contributed by atoms with Crippen LogP contribution in [-0.2, 0) is 0 Å². The Morgan fingerprint density at radius 1 is 1.56 bits per heavy atom. The third kappa shape index (κ3) is 1.97. The zero-order valence-electron chi connectivity index (χ0n) is 9.45. The number of hydrogen-bond donors (Lipinski definition) is 1. The quantitative estimate of drug-likeness (QED) is 0.850. The lowest BCUT2D eigenvalue weighted by atomic mass is 10.1. The molecule has 0 radical (unpaired) electrons. The van der Waals surface area contributed by atoms with E-state index < -0.39 is 0 Å². The summed E-state index contributed by atoms with van der Waals surface area (Å²) in [6, 6.07) is 5.15. The van der Waals surface area contributed by atoms with Gasteiger partial charge in [0.2, 0.25) is 0 Å². The van der Waals surface area contributed by atoms with Gasteiger partial charge in [0.1, 0.15) is 23.9 Å². The Kier molecular flexibility index (Phi) is 3.29. The fraction of sp³-hybridized carbons (Fsp3) is 0.500. The van der Waals surface area contributed by atoms with Crippen molar-refractivity contribution in [2.24, 2.45) is 5.73 Å². The van der Waals surface area contributed by atoms with E-state index in [1.54, 1.807) is 12.1 Å². The minimum absolute atomic E-state index is 0.216. The second-order valence-electron chi connectivity index (χ2n) is 4.09. The Balaban J connectivity index is 2.20. The van der Waals surface area contributed by atoms with E-state index in [0.29, 0.717) is 24.6 Å². The Bertz CT molecular complexity index is 370. The Labute approximate surface area is 95.0 Å². The molecule has 0 bridgehead atoms. The fourth-order valence-electron chi connectivity index (χ4n) is 2.07. The number of para-hydroxylation sites is 1. The highest BCUT2D eigenvalue weighted by Gasteiger charge is 2.26. The molecule has 1 aromatic carbocycles. The van der Waals surface area contributed by atoms with E-state index in [0.717, 1.165) is 12.8 Å². The second kappa shape index (κ2) is 4.70. The van der Waals surface area contributed by atoms with Crippen LogP contribution in [0.25, 0.3) is 0 Å². The van der Waals surface area contributed by atoms with Gasteiger partial charge in [-0.25, -0.2) is 4.39 Å². The molecule has 1 aliphatic rings. The number of nitrogens with zero attached hydrogens (tertiary/aromatic N) is 1. The molecule has 88 valence electrons. The molecule has 16 heavy (non-hydrogen) atoms. The number of rotatable bonds is 3. The summed E-state index contributed by atoms with van der Waals surface area (Å²) in [4.78, 5) is 1.96. The first kappa shape index (κ1) is 11.2. The van der Waals surface area contributed by atoms with Crippen LogP contribution in [0.1, 0.15) is 12.8 Å². The van der Waals surface area contributed by atoms with Gasteiger partial charge in [0.15, 0.2) is 0 Å². The Morgan fingerprint density at radius 3 is 3.12 bits per heavy atom. The molecule has 2 rings (SSSR count). The molecule has 0 fully saturated rings. The topological polar surface area (TPSA) is 38.5 Å². The van der Waals surface area contributed by atoms with Crippen molar-refractivity contribution in [1.29, 1.82) is 0 Å². The SMILES string of the molecule is CN1c2c(F)cccc2OCC1CCCN. The molecule has 0 aromatic heterocycles. The maximum absolute atomic E-state index is 13.7. The van der Waals surface area contributed by atoms with Crippen LogP contribution in [0.2, 0.25) is 0 Å². The van der Waals surface area contributed by atoms with Gasteiger partial charge in [-0.1, -0.05) is 6.07 Å². The molecule has 4 heteroatoms. The van der Waals surface area contributed by atoms with E-state index in [1.807, 2.05) is 11.9 Å². The van der Waals surface area contributed by atoms with E-state index in [4.69, 9.17) is 10.5 Å². The predicted molar refractivity (Wildman–Crippen MR) is 62.4 cm³/mol. The zero-order chi connectivity index (χ0) is 11.5. The molecule has 3 nitrogen and oxygen atoms in total. The van der Waals surface area contributed by atoms with Crippen molar-refractivity contribution < 1.29 is 9.13 Å². The molecule has 0 spiro atoms. The van der Waals surface area contributed by atoms with Crippen LogP contribution in [0.15, 0.2) is 18.2 Å². The van der Waals surface area contributed by atoms with Gasteiger partial charge in [0, 0.05) is 7.05 Å². The minimum atomic E-state index is -0.225. The van der Waals surface area contributed by atoms with Gasteiger partial charge >= 0.3 is 0 Å². The maximum atomic E-state index is 13.7. The molecule has 0 amide bonds. The summed E-state index contributed by atoms with van der Waals surface area (Å²) in [5.74, 6) is 0.406. The van der Waals surface area contributed by atoms with Crippen molar-refractivity contribution in [1.82, 2.24) is 0 Å². The maximum Gasteiger partial charge on any atom is 0.150 e. The summed E-state index contributed by atoms with van der Waals surface area (Å²) in [7, 11) is 1.91. The van der Waals surface area contributed by atoms with Crippen LogP contribution in [0.5, 0.6) is 5.75 Å². The molecule has 0 aliphatic carbocycles. The lowest BCUT2D eigenvalue weighted by Gasteiger charge is -2.36. The normalized spacial score (nSPS) is 19.2. The monoisotopic (exact) mass is 224 g/mol. The molecular weight excluding hydrogens is 207 g/mol. The van der Waals surface area contributed by atoms with E-state index in [2.05, 4.69) is 0 Å². The Hall–Kier alpha value is -1.29. The van der Waals surface area contributed by atoms with Gasteiger partial charge in [-0.15, -0.1) is 0 Å². The highest BCUT2D eigenvalue weighted by molar-refractivity contribution is 5.61. The number of ether oxygens (including phenoxy) is 1. The highest BCUT2D eigenvalue weighted by atomic mass is 19.1. The van der Waals surface area contributed by atoms with Gasteiger partial charge in [0.05, 0.1) is 6.04 Å². The van der Waals surface area contributed by atoms with Gasteiger partial charge in [-0.3, -0.25) is 0 Å². The molecule has 1 unspecified atom stereocenters. The third-order valence-electron chi connectivity index (χ3n) is 3.02. The van der Waals surface area contributed by atoms with E-state index in [-0.39, 0.29) is 11.9 Å².